The minimum absolute atomic E-state index is 0.000800. The smallest absolute Gasteiger partial charge is 0.247 e. The fourth-order valence-corrected chi connectivity index (χ4v) is 5.41. The van der Waals surface area contributed by atoms with Crippen LogP contribution in [0.3, 0.4) is 0 Å². The van der Waals surface area contributed by atoms with Crippen molar-refractivity contribution in [3.8, 4) is 11.5 Å². The molecule has 0 amide bonds. The van der Waals surface area contributed by atoms with Crippen molar-refractivity contribution in [1.29, 1.82) is 0 Å². The molecule has 1 aliphatic rings. The monoisotopic (exact) mass is 327 g/mol. The summed E-state index contributed by atoms with van der Waals surface area (Å²) in [5.74, 6) is 0.986. The lowest BCUT2D eigenvalue weighted by atomic mass is 10.0. The number of hydrogen-bond donors (Lipinski definition) is 0. The molecule has 1 aromatic carbocycles. The van der Waals surface area contributed by atoms with Gasteiger partial charge < -0.3 is 9.47 Å². The number of piperidine rings is 1. The molecular formula is C16H25NO4S. The number of sulfonamides is 1. The molecule has 2 rings (SSSR count). The fourth-order valence-electron chi connectivity index (χ4n) is 3.31. The lowest BCUT2D eigenvalue weighted by Gasteiger charge is -2.38. The molecule has 0 radical (unpaired) electrons. The molecule has 0 spiro atoms. The van der Waals surface area contributed by atoms with Crippen LogP contribution in [0.4, 0.5) is 0 Å². The van der Waals surface area contributed by atoms with Gasteiger partial charge in [-0.05, 0) is 45.7 Å². The van der Waals surface area contributed by atoms with Crippen molar-refractivity contribution in [2.24, 2.45) is 0 Å². The Bertz CT molecular complexity index is 632. The van der Waals surface area contributed by atoms with E-state index in [0.717, 1.165) is 19.3 Å². The molecule has 0 aliphatic carbocycles. The molecule has 22 heavy (non-hydrogen) atoms. The molecule has 0 bridgehead atoms. The Kier molecular flexibility index (Phi) is 5.02. The maximum atomic E-state index is 13.1. The van der Waals surface area contributed by atoms with E-state index in [-0.39, 0.29) is 17.0 Å². The van der Waals surface area contributed by atoms with Gasteiger partial charge in [0.15, 0.2) is 0 Å². The first kappa shape index (κ1) is 17.1. The maximum absolute atomic E-state index is 13.1. The number of benzene rings is 1. The predicted octanol–water partition coefficient (Wildman–Crippen LogP) is 2.96. The van der Waals surface area contributed by atoms with Gasteiger partial charge >= 0.3 is 0 Å². The molecule has 1 saturated heterocycles. The second-order valence-corrected chi connectivity index (χ2v) is 7.70. The number of ether oxygens (including phenoxy) is 2. The highest BCUT2D eigenvalue weighted by Gasteiger charge is 2.37. The average molecular weight is 327 g/mol. The van der Waals surface area contributed by atoms with Gasteiger partial charge in [0.05, 0.1) is 14.2 Å². The third-order valence-electron chi connectivity index (χ3n) is 4.41. The summed E-state index contributed by atoms with van der Waals surface area (Å²) in [6.07, 6.45) is 2.84. The van der Waals surface area contributed by atoms with Crippen LogP contribution in [0.2, 0.25) is 0 Å². The van der Waals surface area contributed by atoms with Crippen molar-refractivity contribution >= 4 is 10.0 Å². The molecule has 5 nitrogen and oxygen atoms in total. The van der Waals surface area contributed by atoms with Crippen molar-refractivity contribution < 1.29 is 17.9 Å². The molecule has 6 heteroatoms. The minimum atomic E-state index is -3.60. The zero-order valence-electron chi connectivity index (χ0n) is 13.9. The topological polar surface area (TPSA) is 55.8 Å². The number of rotatable bonds is 4. The van der Waals surface area contributed by atoms with E-state index < -0.39 is 10.0 Å². The summed E-state index contributed by atoms with van der Waals surface area (Å²) in [7, 11) is -0.548. The van der Waals surface area contributed by atoms with Crippen molar-refractivity contribution in [2.45, 2.75) is 57.0 Å². The van der Waals surface area contributed by atoms with Gasteiger partial charge in [0.25, 0.3) is 0 Å². The first-order valence-corrected chi connectivity index (χ1v) is 9.03. The Morgan fingerprint density at radius 3 is 2.18 bits per heavy atom. The molecule has 0 saturated carbocycles. The second kappa shape index (κ2) is 6.46. The van der Waals surface area contributed by atoms with Crippen LogP contribution < -0.4 is 9.47 Å². The van der Waals surface area contributed by atoms with Gasteiger partial charge in [-0.2, -0.15) is 4.31 Å². The van der Waals surface area contributed by atoms with Crippen molar-refractivity contribution in [2.75, 3.05) is 14.2 Å². The van der Waals surface area contributed by atoms with Crippen LogP contribution in [0.15, 0.2) is 17.0 Å². The van der Waals surface area contributed by atoms with Gasteiger partial charge in [0, 0.05) is 17.6 Å². The van der Waals surface area contributed by atoms with Crippen LogP contribution >= 0.6 is 0 Å². The molecule has 0 aromatic heterocycles. The Morgan fingerprint density at radius 2 is 1.68 bits per heavy atom. The number of methoxy groups -OCH3 is 2. The molecule has 1 aromatic rings. The molecular weight excluding hydrogens is 302 g/mol. The van der Waals surface area contributed by atoms with E-state index in [0.29, 0.717) is 17.1 Å². The first-order valence-electron chi connectivity index (χ1n) is 7.59. The van der Waals surface area contributed by atoms with Crippen LogP contribution in [-0.4, -0.2) is 39.0 Å². The molecule has 1 heterocycles. The van der Waals surface area contributed by atoms with Crippen LogP contribution in [0.1, 0.15) is 38.7 Å². The summed E-state index contributed by atoms with van der Waals surface area (Å²) >= 11 is 0. The minimum Gasteiger partial charge on any atom is -0.496 e. The Hall–Kier alpha value is -1.27. The van der Waals surface area contributed by atoms with Gasteiger partial charge in [0.1, 0.15) is 16.4 Å². The highest BCUT2D eigenvalue weighted by atomic mass is 32.2. The summed E-state index contributed by atoms with van der Waals surface area (Å²) in [6.45, 7) is 5.74. The van der Waals surface area contributed by atoms with E-state index in [2.05, 4.69) is 0 Å². The highest BCUT2D eigenvalue weighted by molar-refractivity contribution is 7.89. The molecule has 1 aliphatic heterocycles. The average Bonchev–Trinajstić information content (AvgIpc) is 2.46. The SMILES string of the molecule is COc1ccc(S(=O)(=O)N2C(C)CCCC2C)c(OC)c1C. The summed E-state index contributed by atoms with van der Waals surface area (Å²) in [5, 5.41) is 0. The zero-order valence-corrected chi connectivity index (χ0v) is 14.7. The highest BCUT2D eigenvalue weighted by Crippen LogP contribution is 2.38. The Morgan fingerprint density at radius 1 is 1.09 bits per heavy atom. The molecule has 2 atom stereocenters. The standard InChI is InChI=1S/C16H25NO4S/c1-11-7-6-8-12(2)17(11)22(18,19)15-10-9-14(20-4)13(3)16(15)21-5/h9-12H,6-8H2,1-5H3. The quantitative estimate of drug-likeness (QED) is 0.853. The van der Waals surface area contributed by atoms with Crippen molar-refractivity contribution in [3.05, 3.63) is 17.7 Å². The van der Waals surface area contributed by atoms with E-state index in [1.807, 2.05) is 13.8 Å². The Balaban J connectivity index is 2.56. The molecule has 1 fully saturated rings. The largest absolute Gasteiger partial charge is 0.496 e. The van der Waals surface area contributed by atoms with E-state index in [9.17, 15) is 8.42 Å². The lowest BCUT2D eigenvalue weighted by Crippen LogP contribution is -2.47. The first-order chi connectivity index (χ1) is 10.3. The zero-order chi connectivity index (χ0) is 16.5. The van der Waals surface area contributed by atoms with Gasteiger partial charge in [-0.15, -0.1) is 0 Å². The molecule has 124 valence electrons. The normalized spacial score (nSPS) is 23.3. The van der Waals surface area contributed by atoms with Crippen molar-refractivity contribution in [3.63, 3.8) is 0 Å². The van der Waals surface area contributed by atoms with Gasteiger partial charge in [-0.25, -0.2) is 8.42 Å². The second-order valence-electron chi connectivity index (χ2n) is 5.89. The number of nitrogens with zero attached hydrogens (tertiary/aromatic N) is 1. The van der Waals surface area contributed by atoms with Gasteiger partial charge in [0.2, 0.25) is 10.0 Å². The summed E-state index contributed by atoms with van der Waals surface area (Å²) in [4.78, 5) is 0.217. The van der Waals surface area contributed by atoms with Crippen molar-refractivity contribution in [1.82, 2.24) is 4.31 Å². The fraction of sp³-hybridized carbons (Fsp3) is 0.625. The van der Waals surface area contributed by atoms with Crippen LogP contribution in [0.5, 0.6) is 11.5 Å². The molecule has 0 N–H and O–H groups in total. The maximum Gasteiger partial charge on any atom is 0.247 e. The Labute approximate surface area is 133 Å². The third kappa shape index (κ3) is 2.82. The summed E-state index contributed by atoms with van der Waals surface area (Å²) in [5.41, 5.74) is 0.698. The third-order valence-corrected chi connectivity index (χ3v) is 6.56. The van der Waals surface area contributed by atoms with Gasteiger partial charge in [-0.1, -0.05) is 6.42 Å². The van der Waals surface area contributed by atoms with E-state index in [4.69, 9.17) is 9.47 Å². The van der Waals surface area contributed by atoms with Gasteiger partial charge in [-0.3, -0.25) is 0 Å². The van der Waals surface area contributed by atoms with E-state index in [1.165, 1.54) is 7.11 Å². The predicted molar refractivity (Wildman–Crippen MR) is 86.1 cm³/mol. The summed E-state index contributed by atoms with van der Waals surface area (Å²) < 4.78 is 38.5. The van der Waals surface area contributed by atoms with E-state index in [1.54, 1.807) is 30.5 Å². The van der Waals surface area contributed by atoms with Crippen LogP contribution in [-0.2, 0) is 10.0 Å². The van der Waals surface area contributed by atoms with Crippen LogP contribution in [0, 0.1) is 6.92 Å². The number of hydrogen-bond acceptors (Lipinski definition) is 4. The van der Waals surface area contributed by atoms with Crippen LogP contribution in [0.25, 0.3) is 0 Å². The van der Waals surface area contributed by atoms with E-state index >= 15 is 0 Å². The molecule has 2 unspecified atom stereocenters. The lowest BCUT2D eigenvalue weighted by molar-refractivity contribution is 0.203. The summed E-state index contributed by atoms with van der Waals surface area (Å²) in [6, 6.07) is 3.26.